The molecule has 0 saturated heterocycles. The van der Waals surface area contributed by atoms with Crippen molar-refractivity contribution in [3.05, 3.63) is 390 Å². The Bertz CT molecular complexity index is 4920. The molecule has 569 valence electrons. The Kier molecular flexibility index (Phi) is 38.3. The molecule has 5 radical (unpaired) electrons. The molecule has 18 rings (SSSR count). The number of rotatable bonds is 10. The van der Waals surface area contributed by atoms with Crippen LogP contribution >= 0.6 is 0 Å². The van der Waals surface area contributed by atoms with Crippen LogP contribution in [0.4, 0.5) is 0 Å². The summed E-state index contributed by atoms with van der Waals surface area (Å²) in [5.74, 6) is 5.58. The second-order valence-corrected chi connectivity index (χ2v) is 23.1. The van der Waals surface area contributed by atoms with Gasteiger partial charge in [0.2, 0.25) is 0 Å². The van der Waals surface area contributed by atoms with Gasteiger partial charge < -0.3 is 27.4 Å². The van der Waals surface area contributed by atoms with Crippen LogP contribution in [0.25, 0.3) is 102 Å². The van der Waals surface area contributed by atoms with E-state index in [1.54, 1.807) is 46.8 Å². The van der Waals surface area contributed by atoms with Gasteiger partial charge in [-0.25, -0.2) is 9.67 Å². The van der Waals surface area contributed by atoms with E-state index < -0.39 is 0 Å². The van der Waals surface area contributed by atoms with E-state index >= 15 is 0 Å². The smallest absolute Gasteiger partial charge is 0.138 e. The Balaban J connectivity index is 0.000000198. The Morgan fingerprint density at radius 3 is 1.04 bits per heavy atom. The van der Waals surface area contributed by atoms with E-state index in [1.165, 1.54) is 11.9 Å². The molecule has 0 N–H and O–H groups in total. The van der Waals surface area contributed by atoms with Crippen LogP contribution in [0.15, 0.2) is 342 Å². The van der Waals surface area contributed by atoms with Crippen molar-refractivity contribution in [2.75, 3.05) is 0 Å². The van der Waals surface area contributed by atoms with Gasteiger partial charge in [0, 0.05) is 210 Å². The first kappa shape index (κ1) is 88.9. The van der Waals surface area contributed by atoms with Gasteiger partial charge in [-0.15, -0.1) is 233 Å². The third kappa shape index (κ3) is 26.3. The summed E-state index contributed by atoms with van der Waals surface area (Å²) >= 11 is 0. The molecule has 8 heterocycles. The fourth-order valence-electron chi connectivity index (χ4n) is 10.4. The Labute approximate surface area is 715 Å². The number of aromatic nitrogens is 18. The minimum atomic E-state index is 0. The molecule has 0 atom stereocenters. The third-order valence-corrected chi connectivity index (χ3v) is 15.7. The van der Waals surface area contributed by atoms with Gasteiger partial charge >= 0.3 is 0 Å². The van der Waals surface area contributed by atoms with Crippen LogP contribution in [0.3, 0.4) is 0 Å². The van der Waals surface area contributed by atoms with Crippen molar-refractivity contribution in [2.45, 2.75) is 0 Å². The molecule has 0 fully saturated rings. The number of nitrogens with zero attached hydrogens (tertiary/aromatic N) is 18. The molecule has 0 unspecified atom stereocenters. The van der Waals surface area contributed by atoms with E-state index in [-0.39, 0.29) is 101 Å². The molecule has 0 aliphatic rings. The van der Waals surface area contributed by atoms with Gasteiger partial charge in [0.15, 0.2) is 0 Å². The summed E-state index contributed by atoms with van der Waals surface area (Å²) in [6, 6.07) is 110. The van der Waals surface area contributed by atoms with Crippen LogP contribution < -0.4 is 0 Å². The summed E-state index contributed by atoms with van der Waals surface area (Å²) in [4.78, 5) is 25.7. The van der Waals surface area contributed by atoms with Gasteiger partial charge in [-0.1, -0.05) is 60.7 Å². The van der Waals surface area contributed by atoms with Crippen LogP contribution in [-0.4, -0.2) is 87.1 Å². The molecule has 111 heavy (non-hydrogen) atoms. The number of hydrogen-bond acceptors (Lipinski definition) is 10. The van der Waals surface area contributed by atoms with Crippen LogP contribution in [0, 0.1) is 48.5 Å². The summed E-state index contributed by atoms with van der Waals surface area (Å²) in [6.07, 6.45) is 23.6. The maximum Gasteiger partial charge on any atom is 0.138 e. The third-order valence-electron chi connectivity index (χ3n) is 15.7. The SMILES string of the molecule is Cn1c(-c2ccccc2)cnc1-c1[c-]cccc1.Cn1cc(-c2ccccc2)nc1-c1[c-]cccc1.Cn1ccnc1-c1[c-]cccc1.Cn1ccnc1-c1[c-]cccc1.Cn1ccnc1-c1[c-]cccc1.Cn1cnnc1-c1[c-]cccc1.[Ir].[Ir].[Ir].[Ir].[Ir].[c-]1ccccc1-n1cccn1.[c-]1ccccc1-n1cncn1. The van der Waals surface area contributed by atoms with Crippen LogP contribution in [-0.2, 0) is 143 Å². The molecule has 0 saturated carbocycles. The molecule has 8 aromatic heterocycles. The van der Waals surface area contributed by atoms with E-state index in [1.807, 2.05) is 339 Å². The zero-order valence-corrected chi connectivity index (χ0v) is 73.0. The zero-order chi connectivity index (χ0) is 73.3. The topological polar surface area (TPSA) is 168 Å². The maximum atomic E-state index is 4.68. The van der Waals surface area contributed by atoms with E-state index in [0.717, 1.165) is 96.7 Å². The summed E-state index contributed by atoms with van der Waals surface area (Å²) < 4.78 is 15.4. The molecule has 23 heteroatoms. The van der Waals surface area contributed by atoms with E-state index in [2.05, 4.69) is 128 Å². The Hall–Kier alpha value is -11.0. The van der Waals surface area contributed by atoms with E-state index in [0.29, 0.717) is 0 Å². The predicted octanol–water partition coefficient (Wildman–Crippen LogP) is 16.8. The first-order valence-corrected chi connectivity index (χ1v) is 33.7. The van der Waals surface area contributed by atoms with E-state index in [4.69, 9.17) is 0 Å². The standard InChI is InChI=1S/2C16H13N2.3C10H9N2.C9H8N3.C9H7N2.C8H6N3.5Ir/c1-18-12-15(13-8-4-2-5-9-13)17-16(18)14-10-6-3-7-11-14;1-18-15(13-8-4-2-5-9-13)12-17-16(18)14-10-6-3-7-11-14;3*1-12-8-7-11-10(12)9-5-3-2-4-6-9;1-12-7-10-11-9(12)8-5-3-2-4-6-8;1-2-5-9(6-3-1)11-8-4-7-10-11;1-2-4-8(5-3-1)11-7-9-6-10-11;;;;;/h2*2-10,12H,1H3;3*2-5,7-8H,1H3;2-5,7H,1H3;1-5,7-8H;1-4,6-7H;;;;;/q8*-1;;;;;. The minimum Gasteiger partial charge on any atom is -0.373 e. The van der Waals surface area contributed by atoms with Gasteiger partial charge in [-0.05, 0) is 23.0 Å². The molecule has 0 spiro atoms. The molecule has 0 aliphatic carbocycles. The number of para-hydroxylation sites is 2. The number of imidazole rings is 5. The van der Waals surface area contributed by atoms with Crippen molar-refractivity contribution >= 4 is 0 Å². The van der Waals surface area contributed by atoms with Crippen molar-refractivity contribution in [1.82, 2.24) is 87.1 Å². The number of benzene rings is 10. The molecule has 0 aliphatic heterocycles. The average molecular weight is 2340 g/mol. The summed E-state index contributed by atoms with van der Waals surface area (Å²) in [5, 5.41) is 15.8. The number of aryl methyl sites for hydroxylation is 5. The minimum absolute atomic E-state index is 0. The normalized spacial score (nSPS) is 9.71. The summed E-state index contributed by atoms with van der Waals surface area (Å²) in [7, 11) is 11.9. The van der Waals surface area contributed by atoms with Crippen LogP contribution in [0.2, 0.25) is 0 Å². The molecule has 18 nitrogen and oxygen atoms in total. The first-order valence-electron chi connectivity index (χ1n) is 33.7. The molecule has 0 amide bonds. The van der Waals surface area contributed by atoms with Gasteiger partial charge in [-0.3, -0.25) is 29.6 Å². The quantitative estimate of drug-likeness (QED) is 0.120. The fourth-order valence-corrected chi connectivity index (χ4v) is 10.4. The number of hydrogen-bond donors (Lipinski definition) is 0. The van der Waals surface area contributed by atoms with Crippen molar-refractivity contribution < 1.29 is 101 Å². The van der Waals surface area contributed by atoms with Crippen LogP contribution in [0.5, 0.6) is 0 Å². The Morgan fingerprint density at radius 1 is 0.297 bits per heavy atom. The Morgan fingerprint density at radius 2 is 0.685 bits per heavy atom. The van der Waals surface area contributed by atoms with Gasteiger partial charge in [-0.2, -0.15) is 63.8 Å². The monoisotopic (exact) mass is 2350 g/mol. The van der Waals surface area contributed by atoms with Crippen LogP contribution in [0.1, 0.15) is 0 Å². The molecule has 0 bridgehead atoms. The maximum absolute atomic E-state index is 4.68. The molecule has 10 aromatic carbocycles. The predicted molar refractivity (Wildman–Crippen MR) is 416 cm³/mol. The average Bonchev–Trinajstić information content (AvgIpc) is 1.68. The molecular weight excluding hydrogens is 2270 g/mol. The van der Waals surface area contributed by atoms with Crippen molar-refractivity contribution in [3.63, 3.8) is 0 Å². The van der Waals surface area contributed by atoms with Crippen molar-refractivity contribution in [3.8, 4) is 102 Å². The second kappa shape index (κ2) is 47.8. The van der Waals surface area contributed by atoms with Gasteiger partial charge in [0.25, 0.3) is 0 Å². The summed E-state index contributed by atoms with van der Waals surface area (Å²) in [5.41, 5.74) is 12.4. The van der Waals surface area contributed by atoms with Gasteiger partial charge in [0.05, 0.1) is 46.3 Å². The van der Waals surface area contributed by atoms with Gasteiger partial charge in [0.1, 0.15) is 19.0 Å². The molecular formula is C88H74Ir5N18-8. The van der Waals surface area contributed by atoms with Crippen molar-refractivity contribution in [2.24, 2.45) is 42.3 Å². The molecule has 18 aromatic rings. The summed E-state index contributed by atoms with van der Waals surface area (Å²) in [6.45, 7) is 0. The second-order valence-electron chi connectivity index (χ2n) is 23.1. The largest absolute Gasteiger partial charge is 0.373 e. The first-order chi connectivity index (χ1) is 52.1. The fraction of sp³-hybridized carbons (Fsp3) is 0.0682. The van der Waals surface area contributed by atoms with E-state index in [9.17, 15) is 0 Å². The van der Waals surface area contributed by atoms with Crippen molar-refractivity contribution in [1.29, 1.82) is 0 Å². The zero-order valence-electron chi connectivity index (χ0n) is 61.0.